The van der Waals surface area contributed by atoms with Crippen LogP contribution in [-0.2, 0) is 0 Å². The van der Waals surface area contributed by atoms with E-state index in [1.54, 1.807) is 0 Å². The summed E-state index contributed by atoms with van der Waals surface area (Å²) in [6, 6.07) is 1.48. The van der Waals surface area contributed by atoms with Crippen molar-refractivity contribution in [2.24, 2.45) is 11.6 Å². The van der Waals surface area contributed by atoms with Gasteiger partial charge in [0.25, 0.3) is 5.95 Å². The molecule has 16 heavy (non-hydrogen) atoms. The summed E-state index contributed by atoms with van der Waals surface area (Å²) in [7, 11) is 2.89. The molecule has 0 saturated carbocycles. The standard InChI is InChI=1S/C7H12N6O2.ClH/c1-14-4-3-5(15-2)12-7(11-4)13(10)6(8)9;/h3H,10H2,1-2H3,(H3,8,9);1H. The van der Waals surface area contributed by atoms with Crippen LogP contribution >= 0.6 is 12.4 Å². The Balaban J connectivity index is 0.00000225. The molecule has 1 heterocycles. The first-order valence-electron chi connectivity index (χ1n) is 3.94. The quantitative estimate of drug-likeness (QED) is 0.285. The van der Waals surface area contributed by atoms with Crippen LogP contribution in [-0.4, -0.2) is 30.1 Å². The van der Waals surface area contributed by atoms with Crippen LogP contribution in [0, 0.1) is 5.41 Å². The van der Waals surface area contributed by atoms with Gasteiger partial charge in [-0.25, -0.2) is 10.9 Å². The fourth-order valence-corrected chi connectivity index (χ4v) is 0.817. The van der Waals surface area contributed by atoms with E-state index in [-0.39, 0.29) is 36.1 Å². The first-order chi connectivity index (χ1) is 7.08. The van der Waals surface area contributed by atoms with Crippen LogP contribution in [0.15, 0.2) is 6.07 Å². The summed E-state index contributed by atoms with van der Waals surface area (Å²) in [6.07, 6.45) is 0. The summed E-state index contributed by atoms with van der Waals surface area (Å²) in [4.78, 5) is 7.78. The Hall–Kier alpha value is -1.80. The van der Waals surface area contributed by atoms with Crippen molar-refractivity contribution in [3.8, 4) is 11.8 Å². The smallest absolute Gasteiger partial charge is 0.253 e. The van der Waals surface area contributed by atoms with E-state index in [0.717, 1.165) is 5.01 Å². The van der Waals surface area contributed by atoms with E-state index in [2.05, 4.69) is 9.97 Å². The molecule has 0 aliphatic heterocycles. The molecule has 0 bridgehead atoms. The van der Waals surface area contributed by atoms with E-state index in [0.29, 0.717) is 0 Å². The van der Waals surface area contributed by atoms with Gasteiger partial charge >= 0.3 is 0 Å². The van der Waals surface area contributed by atoms with Crippen LogP contribution < -0.4 is 26.1 Å². The molecule has 1 aromatic heterocycles. The molecule has 90 valence electrons. The second kappa shape index (κ2) is 5.93. The molecule has 1 rings (SSSR count). The molecular formula is C7H13ClN6O2. The van der Waals surface area contributed by atoms with E-state index in [4.69, 9.17) is 26.5 Å². The molecular weight excluding hydrogens is 236 g/mol. The van der Waals surface area contributed by atoms with Gasteiger partial charge < -0.3 is 15.2 Å². The van der Waals surface area contributed by atoms with Gasteiger partial charge in [-0.15, -0.1) is 12.4 Å². The second-order valence-corrected chi connectivity index (χ2v) is 2.51. The number of nitrogens with one attached hydrogen (secondary N) is 1. The zero-order chi connectivity index (χ0) is 11.4. The van der Waals surface area contributed by atoms with Gasteiger partial charge in [0.05, 0.1) is 20.3 Å². The van der Waals surface area contributed by atoms with Crippen molar-refractivity contribution in [2.75, 3.05) is 19.2 Å². The van der Waals surface area contributed by atoms with Crippen molar-refractivity contribution in [2.45, 2.75) is 0 Å². The number of ether oxygens (including phenoxy) is 2. The summed E-state index contributed by atoms with van der Waals surface area (Å²) < 4.78 is 9.81. The Morgan fingerprint density at radius 3 is 2.06 bits per heavy atom. The summed E-state index contributed by atoms with van der Waals surface area (Å²) >= 11 is 0. The first kappa shape index (κ1) is 14.2. The molecule has 0 saturated heterocycles. The van der Waals surface area contributed by atoms with Crippen LogP contribution in [0.2, 0.25) is 0 Å². The molecule has 5 N–H and O–H groups in total. The number of methoxy groups -OCH3 is 2. The second-order valence-electron chi connectivity index (χ2n) is 2.51. The molecule has 0 fully saturated rings. The molecule has 1 aromatic rings. The van der Waals surface area contributed by atoms with Gasteiger partial charge in [0.15, 0.2) is 0 Å². The third-order valence-electron chi connectivity index (χ3n) is 1.56. The SMILES string of the molecule is COc1cc(OC)nc(N(N)C(=N)N)n1.Cl. The molecule has 0 radical (unpaired) electrons. The number of guanidine groups is 1. The number of halogens is 1. The molecule has 0 aliphatic carbocycles. The van der Waals surface area contributed by atoms with E-state index in [9.17, 15) is 0 Å². The summed E-state index contributed by atoms with van der Waals surface area (Å²) in [5.74, 6) is 5.62. The van der Waals surface area contributed by atoms with Gasteiger partial charge in [0, 0.05) is 0 Å². The predicted octanol–water partition coefficient (Wildman–Crippen LogP) is -0.511. The molecule has 0 spiro atoms. The number of hydrogen-bond acceptors (Lipinski definition) is 6. The maximum Gasteiger partial charge on any atom is 0.253 e. The molecule has 0 atom stereocenters. The van der Waals surface area contributed by atoms with E-state index in [1.807, 2.05) is 0 Å². The Labute approximate surface area is 98.4 Å². The van der Waals surface area contributed by atoms with Crippen LogP contribution in [0.3, 0.4) is 0 Å². The molecule has 9 heteroatoms. The van der Waals surface area contributed by atoms with Crippen molar-refractivity contribution >= 4 is 24.3 Å². The molecule has 8 nitrogen and oxygen atoms in total. The van der Waals surface area contributed by atoms with Gasteiger partial charge in [-0.05, 0) is 0 Å². The molecule has 0 aliphatic rings. The van der Waals surface area contributed by atoms with Crippen molar-refractivity contribution in [1.29, 1.82) is 5.41 Å². The lowest BCUT2D eigenvalue weighted by Crippen LogP contribution is -2.43. The Kier molecular flexibility index (Phi) is 5.26. The van der Waals surface area contributed by atoms with Gasteiger partial charge in [0.1, 0.15) is 0 Å². The minimum absolute atomic E-state index is 0. The topological polar surface area (TPSA) is 123 Å². The largest absolute Gasteiger partial charge is 0.481 e. The minimum atomic E-state index is -0.384. The number of hydrazine groups is 1. The van der Waals surface area contributed by atoms with E-state index < -0.39 is 0 Å². The lowest BCUT2D eigenvalue weighted by atomic mass is 10.6. The average molecular weight is 249 g/mol. The Bertz CT molecular complexity index is 352. The highest BCUT2D eigenvalue weighted by Crippen LogP contribution is 2.18. The highest BCUT2D eigenvalue weighted by Gasteiger charge is 2.11. The fourth-order valence-electron chi connectivity index (χ4n) is 0.817. The number of aromatic nitrogens is 2. The molecule has 0 aromatic carbocycles. The van der Waals surface area contributed by atoms with E-state index >= 15 is 0 Å². The third kappa shape index (κ3) is 3.11. The van der Waals surface area contributed by atoms with Crippen LogP contribution in [0.5, 0.6) is 11.8 Å². The van der Waals surface area contributed by atoms with Crippen LogP contribution in [0.25, 0.3) is 0 Å². The van der Waals surface area contributed by atoms with Crippen molar-refractivity contribution < 1.29 is 9.47 Å². The summed E-state index contributed by atoms with van der Waals surface area (Å²) in [6.45, 7) is 0. The third-order valence-corrected chi connectivity index (χ3v) is 1.56. The van der Waals surface area contributed by atoms with Crippen molar-refractivity contribution in [3.63, 3.8) is 0 Å². The monoisotopic (exact) mass is 248 g/mol. The maximum absolute atomic E-state index is 7.11. The number of nitrogens with zero attached hydrogens (tertiary/aromatic N) is 3. The highest BCUT2D eigenvalue weighted by molar-refractivity contribution is 5.89. The summed E-state index contributed by atoms with van der Waals surface area (Å²) in [5, 5.41) is 7.92. The van der Waals surface area contributed by atoms with E-state index in [1.165, 1.54) is 20.3 Å². The van der Waals surface area contributed by atoms with Crippen molar-refractivity contribution in [3.05, 3.63) is 6.07 Å². The summed E-state index contributed by atoms with van der Waals surface area (Å²) in [5.41, 5.74) is 5.17. The minimum Gasteiger partial charge on any atom is -0.481 e. The first-order valence-corrected chi connectivity index (χ1v) is 3.94. The van der Waals surface area contributed by atoms with Gasteiger partial charge in [-0.1, -0.05) is 0 Å². The zero-order valence-corrected chi connectivity index (χ0v) is 9.61. The van der Waals surface area contributed by atoms with Crippen LogP contribution in [0.1, 0.15) is 0 Å². The fraction of sp³-hybridized carbons (Fsp3) is 0.286. The number of nitrogens with two attached hydrogens (primary N) is 2. The molecule has 0 amide bonds. The number of rotatable bonds is 3. The zero-order valence-electron chi connectivity index (χ0n) is 8.80. The normalized spacial score (nSPS) is 8.94. The molecule has 0 unspecified atom stereocenters. The van der Waals surface area contributed by atoms with Gasteiger partial charge in [-0.3, -0.25) is 5.41 Å². The Morgan fingerprint density at radius 2 is 1.75 bits per heavy atom. The van der Waals surface area contributed by atoms with Crippen molar-refractivity contribution in [1.82, 2.24) is 9.97 Å². The lowest BCUT2D eigenvalue weighted by Gasteiger charge is -2.14. The Morgan fingerprint density at radius 1 is 1.31 bits per heavy atom. The average Bonchev–Trinajstić information content (AvgIpc) is 2.27. The predicted molar refractivity (Wildman–Crippen MR) is 61.0 cm³/mol. The van der Waals surface area contributed by atoms with Gasteiger partial charge in [-0.2, -0.15) is 9.97 Å². The highest BCUT2D eigenvalue weighted by atomic mass is 35.5. The number of anilines is 1. The number of hydrogen-bond donors (Lipinski definition) is 3. The maximum atomic E-state index is 7.11. The van der Waals surface area contributed by atoms with Crippen LogP contribution in [0.4, 0.5) is 5.95 Å². The van der Waals surface area contributed by atoms with Gasteiger partial charge in [0.2, 0.25) is 17.7 Å². The lowest BCUT2D eigenvalue weighted by molar-refractivity contribution is 0.372.